The lowest BCUT2D eigenvalue weighted by atomic mass is 9.80. The molecule has 118 valence electrons. The van der Waals surface area contributed by atoms with E-state index >= 15 is 0 Å². The minimum Gasteiger partial charge on any atom is -0.489 e. The maximum absolute atomic E-state index is 6.12. The van der Waals surface area contributed by atoms with Gasteiger partial charge in [0.15, 0.2) is 0 Å². The molecule has 0 aliphatic heterocycles. The highest BCUT2D eigenvalue weighted by Gasteiger charge is 2.23. The van der Waals surface area contributed by atoms with Gasteiger partial charge in [0.1, 0.15) is 12.4 Å². The van der Waals surface area contributed by atoms with Crippen molar-refractivity contribution in [2.75, 3.05) is 0 Å². The zero-order valence-corrected chi connectivity index (χ0v) is 14.7. The monoisotopic (exact) mass is 296 g/mol. The first kappa shape index (κ1) is 16.6. The van der Waals surface area contributed by atoms with Gasteiger partial charge in [-0.25, -0.2) is 0 Å². The van der Waals surface area contributed by atoms with Gasteiger partial charge in [0.05, 0.1) is 0 Å². The second-order valence-corrected chi connectivity index (χ2v) is 7.99. The Hall–Kier alpha value is -1.76. The van der Waals surface area contributed by atoms with E-state index in [9.17, 15) is 0 Å². The molecular weight excluding hydrogens is 268 g/mol. The van der Waals surface area contributed by atoms with Crippen molar-refractivity contribution in [1.82, 2.24) is 0 Å². The minimum absolute atomic E-state index is 0.0628. The summed E-state index contributed by atoms with van der Waals surface area (Å²) in [6.07, 6.45) is 0. The summed E-state index contributed by atoms with van der Waals surface area (Å²) in [4.78, 5) is 0. The highest BCUT2D eigenvalue weighted by atomic mass is 16.5. The third-order valence-corrected chi connectivity index (χ3v) is 3.89. The van der Waals surface area contributed by atoms with Crippen LogP contribution in [0.15, 0.2) is 48.5 Å². The number of hydrogen-bond donors (Lipinski definition) is 0. The van der Waals surface area contributed by atoms with Crippen LogP contribution in [0.4, 0.5) is 0 Å². The molecule has 0 fully saturated rings. The molecule has 0 bridgehead atoms. The van der Waals surface area contributed by atoms with Crippen molar-refractivity contribution in [2.45, 2.75) is 59.0 Å². The van der Waals surface area contributed by atoms with Gasteiger partial charge in [0.25, 0.3) is 0 Å². The molecule has 0 aliphatic carbocycles. The molecule has 0 aliphatic rings. The molecule has 0 radical (unpaired) electrons. The van der Waals surface area contributed by atoms with Crippen molar-refractivity contribution >= 4 is 0 Å². The van der Waals surface area contributed by atoms with Crippen LogP contribution in [0.2, 0.25) is 0 Å². The first-order chi connectivity index (χ1) is 10.2. The van der Waals surface area contributed by atoms with Gasteiger partial charge >= 0.3 is 0 Å². The third-order valence-electron chi connectivity index (χ3n) is 3.89. The molecule has 0 amide bonds. The zero-order valence-electron chi connectivity index (χ0n) is 14.7. The van der Waals surface area contributed by atoms with Gasteiger partial charge < -0.3 is 4.74 Å². The van der Waals surface area contributed by atoms with Crippen LogP contribution in [0, 0.1) is 0 Å². The second kappa shape index (κ2) is 6.16. The van der Waals surface area contributed by atoms with E-state index in [1.807, 2.05) is 18.2 Å². The summed E-state index contributed by atoms with van der Waals surface area (Å²) in [6, 6.07) is 16.9. The lowest BCUT2D eigenvalue weighted by Crippen LogP contribution is -2.17. The van der Waals surface area contributed by atoms with Gasteiger partial charge in [-0.15, -0.1) is 0 Å². The summed E-state index contributed by atoms with van der Waals surface area (Å²) in [6.45, 7) is 14.1. The molecule has 1 heteroatoms. The summed E-state index contributed by atoms with van der Waals surface area (Å²) in [5.41, 5.74) is 4.04. The number of ether oxygens (including phenoxy) is 1. The van der Waals surface area contributed by atoms with E-state index in [1.165, 1.54) is 16.7 Å². The minimum atomic E-state index is 0.0628. The molecule has 0 heterocycles. The van der Waals surface area contributed by atoms with Crippen LogP contribution >= 0.6 is 0 Å². The normalized spacial score (nSPS) is 12.3. The van der Waals surface area contributed by atoms with Crippen LogP contribution in [0.1, 0.15) is 58.2 Å². The Bertz CT molecular complexity index is 613. The lowest BCUT2D eigenvalue weighted by molar-refractivity contribution is 0.297. The number of rotatable bonds is 3. The molecule has 2 aromatic carbocycles. The molecule has 0 N–H and O–H groups in total. The fourth-order valence-electron chi connectivity index (χ4n) is 2.44. The topological polar surface area (TPSA) is 9.23 Å². The van der Waals surface area contributed by atoms with Crippen LogP contribution in [0.25, 0.3) is 0 Å². The predicted molar refractivity (Wildman–Crippen MR) is 94.6 cm³/mol. The van der Waals surface area contributed by atoms with Gasteiger partial charge in [0, 0.05) is 0 Å². The molecule has 0 aromatic heterocycles. The third kappa shape index (κ3) is 4.13. The quantitative estimate of drug-likeness (QED) is 0.689. The Labute approximate surface area is 135 Å². The summed E-state index contributed by atoms with van der Waals surface area (Å²) in [7, 11) is 0. The molecule has 1 nitrogen and oxygen atoms in total. The summed E-state index contributed by atoms with van der Waals surface area (Å²) in [5.74, 6) is 0.990. The Morgan fingerprint density at radius 3 is 1.95 bits per heavy atom. The molecule has 0 atom stereocenters. The van der Waals surface area contributed by atoms with Gasteiger partial charge in [-0.2, -0.15) is 0 Å². The van der Waals surface area contributed by atoms with Crippen LogP contribution in [0.5, 0.6) is 5.75 Å². The van der Waals surface area contributed by atoms with Crippen molar-refractivity contribution in [2.24, 2.45) is 0 Å². The number of benzene rings is 2. The molecule has 0 spiro atoms. The van der Waals surface area contributed by atoms with Crippen molar-refractivity contribution in [1.29, 1.82) is 0 Å². The van der Waals surface area contributed by atoms with E-state index in [1.54, 1.807) is 0 Å². The zero-order chi connectivity index (χ0) is 16.4. The van der Waals surface area contributed by atoms with Crippen molar-refractivity contribution in [3.8, 4) is 5.75 Å². The molecule has 2 rings (SSSR count). The van der Waals surface area contributed by atoms with Crippen LogP contribution in [0.3, 0.4) is 0 Å². The molecule has 0 unspecified atom stereocenters. The average molecular weight is 296 g/mol. The largest absolute Gasteiger partial charge is 0.489 e. The number of hydrogen-bond acceptors (Lipinski definition) is 1. The fraction of sp³-hybridized carbons (Fsp3) is 0.429. The highest BCUT2D eigenvalue weighted by Crippen LogP contribution is 2.35. The van der Waals surface area contributed by atoms with Crippen LogP contribution in [-0.2, 0) is 17.4 Å². The molecular formula is C21H28O. The Kier molecular flexibility index (Phi) is 4.65. The van der Waals surface area contributed by atoms with E-state index in [0.29, 0.717) is 6.61 Å². The highest BCUT2D eigenvalue weighted by molar-refractivity contribution is 5.43. The standard InChI is InChI=1S/C21H28O/c1-20(2,3)17-12-13-19(18(14-17)21(4,5)6)22-15-16-10-8-7-9-11-16/h7-14H,15H2,1-6H3. The first-order valence-electron chi connectivity index (χ1n) is 8.00. The van der Waals surface area contributed by atoms with Crippen LogP contribution in [-0.4, -0.2) is 0 Å². The lowest BCUT2D eigenvalue weighted by Gasteiger charge is -2.27. The van der Waals surface area contributed by atoms with Crippen LogP contribution < -0.4 is 4.74 Å². The summed E-state index contributed by atoms with van der Waals surface area (Å²) >= 11 is 0. The first-order valence-corrected chi connectivity index (χ1v) is 8.00. The summed E-state index contributed by atoms with van der Waals surface area (Å²) < 4.78 is 6.12. The Morgan fingerprint density at radius 2 is 1.41 bits per heavy atom. The van der Waals surface area contributed by atoms with Crippen molar-refractivity contribution < 1.29 is 4.74 Å². The predicted octanol–water partition coefficient (Wildman–Crippen LogP) is 5.86. The molecule has 0 saturated carbocycles. The Morgan fingerprint density at radius 1 is 0.773 bits per heavy atom. The fourth-order valence-corrected chi connectivity index (χ4v) is 2.44. The molecule has 0 saturated heterocycles. The summed E-state index contributed by atoms with van der Waals surface area (Å²) in [5, 5.41) is 0. The maximum Gasteiger partial charge on any atom is 0.123 e. The van der Waals surface area contributed by atoms with E-state index < -0.39 is 0 Å². The van der Waals surface area contributed by atoms with Gasteiger partial charge in [0.2, 0.25) is 0 Å². The van der Waals surface area contributed by atoms with Gasteiger partial charge in [-0.05, 0) is 33.6 Å². The van der Waals surface area contributed by atoms with Crippen molar-refractivity contribution in [3.63, 3.8) is 0 Å². The SMILES string of the molecule is CC(C)(C)c1ccc(OCc2ccccc2)c(C(C)(C)C)c1. The van der Waals surface area contributed by atoms with Gasteiger partial charge in [-0.3, -0.25) is 0 Å². The molecule has 22 heavy (non-hydrogen) atoms. The smallest absolute Gasteiger partial charge is 0.123 e. The maximum atomic E-state index is 6.12. The second-order valence-electron chi connectivity index (χ2n) is 7.99. The van der Waals surface area contributed by atoms with E-state index in [2.05, 4.69) is 71.9 Å². The van der Waals surface area contributed by atoms with Crippen molar-refractivity contribution in [3.05, 3.63) is 65.2 Å². The van der Waals surface area contributed by atoms with E-state index in [0.717, 1.165) is 5.75 Å². The van der Waals surface area contributed by atoms with Gasteiger partial charge in [-0.1, -0.05) is 84.0 Å². The average Bonchev–Trinajstić information content (AvgIpc) is 2.44. The molecule has 2 aromatic rings. The Balaban J connectivity index is 2.30. The van der Waals surface area contributed by atoms with E-state index in [4.69, 9.17) is 4.74 Å². The van der Waals surface area contributed by atoms with E-state index in [-0.39, 0.29) is 10.8 Å².